The molecule has 0 saturated carbocycles. The SMILES string of the molecule is CSc1ccc(-c2c(C#N)nc(C)n2C)cc1. The first-order valence-corrected chi connectivity index (χ1v) is 6.47. The van der Waals surface area contributed by atoms with E-state index >= 15 is 0 Å². The molecule has 0 aliphatic carbocycles. The molecule has 0 atom stereocenters. The molecule has 0 fully saturated rings. The Bertz CT molecular complexity index is 576. The largest absolute Gasteiger partial charge is 0.330 e. The maximum Gasteiger partial charge on any atom is 0.166 e. The van der Waals surface area contributed by atoms with Gasteiger partial charge in [-0.1, -0.05) is 12.1 Å². The molecule has 0 unspecified atom stereocenters. The molecule has 2 aromatic rings. The van der Waals surface area contributed by atoms with Crippen LogP contribution in [0.3, 0.4) is 0 Å². The standard InChI is InChI=1S/C13H13N3S/c1-9-15-12(8-14)13(16(9)2)10-4-6-11(17-3)7-5-10/h4-7H,1-3H3. The first-order valence-electron chi connectivity index (χ1n) is 5.25. The van der Waals surface area contributed by atoms with Crippen molar-refractivity contribution in [1.29, 1.82) is 5.26 Å². The normalized spacial score (nSPS) is 10.2. The summed E-state index contributed by atoms with van der Waals surface area (Å²) in [7, 11) is 1.93. The van der Waals surface area contributed by atoms with Gasteiger partial charge in [0.2, 0.25) is 0 Å². The number of thioether (sulfide) groups is 1. The van der Waals surface area contributed by atoms with E-state index in [9.17, 15) is 0 Å². The van der Waals surface area contributed by atoms with Gasteiger partial charge in [0.1, 0.15) is 11.9 Å². The van der Waals surface area contributed by atoms with E-state index in [2.05, 4.69) is 23.2 Å². The van der Waals surface area contributed by atoms with Crippen LogP contribution in [-0.4, -0.2) is 15.8 Å². The first-order chi connectivity index (χ1) is 8.17. The number of rotatable bonds is 2. The number of benzene rings is 1. The summed E-state index contributed by atoms with van der Waals surface area (Å²) in [6, 6.07) is 10.3. The summed E-state index contributed by atoms with van der Waals surface area (Å²) in [5, 5.41) is 9.09. The molecule has 0 aliphatic heterocycles. The molecule has 0 bridgehead atoms. The zero-order valence-corrected chi connectivity index (χ0v) is 10.9. The third-order valence-electron chi connectivity index (χ3n) is 2.79. The highest BCUT2D eigenvalue weighted by atomic mass is 32.2. The van der Waals surface area contributed by atoms with Crippen LogP contribution in [-0.2, 0) is 7.05 Å². The molecule has 86 valence electrons. The highest BCUT2D eigenvalue weighted by Gasteiger charge is 2.13. The van der Waals surface area contributed by atoms with Crippen molar-refractivity contribution in [1.82, 2.24) is 9.55 Å². The van der Waals surface area contributed by atoms with Gasteiger partial charge >= 0.3 is 0 Å². The van der Waals surface area contributed by atoms with Gasteiger partial charge in [-0.3, -0.25) is 0 Å². The van der Waals surface area contributed by atoms with Crippen molar-refractivity contribution in [2.24, 2.45) is 7.05 Å². The molecule has 0 N–H and O–H groups in total. The molecule has 1 aromatic heterocycles. The van der Waals surface area contributed by atoms with Crippen LogP contribution in [0.5, 0.6) is 0 Å². The van der Waals surface area contributed by atoms with Crippen LogP contribution in [0, 0.1) is 18.3 Å². The molecule has 3 nitrogen and oxygen atoms in total. The monoisotopic (exact) mass is 243 g/mol. The predicted octanol–water partition coefficient (Wildman–Crippen LogP) is 2.99. The highest BCUT2D eigenvalue weighted by Crippen LogP contribution is 2.26. The Balaban J connectivity index is 2.56. The molecular weight excluding hydrogens is 230 g/mol. The van der Waals surface area contributed by atoms with Crippen LogP contribution in [0.2, 0.25) is 0 Å². The summed E-state index contributed by atoms with van der Waals surface area (Å²) in [6.07, 6.45) is 2.05. The van der Waals surface area contributed by atoms with Gasteiger partial charge in [-0.2, -0.15) is 5.26 Å². The van der Waals surface area contributed by atoms with E-state index in [0.717, 1.165) is 17.1 Å². The van der Waals surface area contributed by atoms with E-state index in [-0.39, 0.29) is 0 Å². The fourth-order valence-electron chi connectivity index (χ4n) is 1.77. The second kappa shape index (κ2) is 4.64. The van der Waals surface area contributed by atoms with E-state index in [1.165, 1.54) is 4.90 Å². The number of hydrogen-bond acceptors (Lipinski definition) is 3. The van der Waals surface area contributed by atoms with Gasteiger partial charge in [0.15, 0.2) is 5.69 Å². The van der Waals surface area contributed by atoms with Crippen molar-refractivity contribution in [3.8, 4) is 17.3 Å². The Morgan fingerprint density at radius 3 is 2.47 bits per heavy atom. The number of nitriles is 1. The quantitative estimate of drug-likeness (QED) is 0.761. The summed E-state index contributed by atoms with van der Waals surface area (Å²) in [4.78, 5) is 5.46. The van der Waals surface area contributed by atoms with Crippen LogP contribution >= 0.6 is 11.8 Å². The topological polar surface area (TPSA) is 41.6 Å². The van der Waals surface area contributed by atoms with Gasteiger partial charge in [0.05, 0.1) is 5.69 Å². The summed E-state index contributed by atoms with van der Waals surface area (Å²) >= 11 is 1.70. The van der Waals surface area contributed by atoms with Crippen molar-refractivity contribution >= 4 is 11.8 Å². The smallest absolute Gasteiger partial charge is 0.166 e. The van der Waals surface area contributed by atoms with Crippen LogP contribution in [0.25, 0.3) is 11.3 Å². The first kappa shape index (κ1) is 11.7. The Morgan fingerprint density at radius 2 is 1.94 bits per heavy atom. The lowest BCUT2D eigenvalue weighted by atomic mass is 10.1. The molecular formula is C13H13N3S. The Hall–Kier alpha value is -1.73. The lowest BCUT2D eigenvalue weighted by molar-refractivity contribution is 0.865. The minimum atomic E-state index is 0.488. The summed E-state index contributed by atoms with van der Waals surface area (Å²) in [5.74, 6) is 0.852. The Morgan fingerprint density at radius 1 is 1.29 bits per heavy atom. The lowest BCUT2D eigenvalue weighted by Crippen LogP contribution is -1.94. The number of nitrogens with zero attached hydrogens (tertiary/aromatic N) is 3. The molecule has 1 heterocycles. The number of aromatic nitrogens is 2. The van der Waals surface area contributed by atoms with Crippen LogP contribution in [0.1, 0.15) is 11.5 Å². The van der Waals surface area contributed by atoms with E-state index < -0.39 is 0 Å². The summed E-state index contributed by atoms with van der Waals surface area (Å²) in [6.45, 7) is 1.90. The summed E-state index contributed by atoms with van der Waals surface area (Å²) < 4.78 is 1.95. The molecule has 17 heavy (non-hydrogen) atoms. The second-order valence-corrected chi connectivity index (χ2v) is 4.64. The van der Waals surface area contributed by atoms with Gasteiger partial charge in [-0.05, 0) is 25.3 Å². The summed E-state index contributed by atoms with van der Waals surface area (Å²) in [5.41, 5.74) is 2.40. The lowest BCUT2D eigenvalue weighted by Gasteiger charge is -2.05. The highest BCUT2D eigenvalue weighted by molar-refractivity contribution is 7.98. The zero-order valence-electron chi connectivity index (χ0n) is 10.1. The van der Waals surface area contributed by atoms with Gasteiger partial charge in [-0.15, -0.1) is 11.8 Å². The predicted molar refractivity (Wildman–Crippen MR) is 69.9 cm³/mol. The van der Waals surface area contributed by atoms with Crippen molar-refractivity contribution in [2.45, 2.75) is 11.8 Å². The third kappa shape index (κ3) is 2.06. The average Bonchev–Trinajstić information content (AvgIpc) is 2.65. The van der Waals surface area contributed by atoms with Crippen LogP contribution < -0.4 is 0 Å². The minimum Gasteiger partial charge on any atom is -0.330 e. The van der Waals surface area contributed by atoms with Crippen molar-refractivity contribution in [3.05, 3.63) is 35.8 Å². The van der Waals surface area contributed by atoms with Gasteiger partial charge in [0.25, 0.3) is 0 Å². The van der Waals surface area contributed by atoms with E-state index in [0.29, 0.717) is 5.69 Å². The van der Waals surface area contributed by atoms with Crippen molar-refractivity contribution in [2.75, 3.05) is 6.26 Å². The maximum absolute atomic E-state index is 9.09. The average molecular weight is 243 g/mol. The van der Waals surface area contributed by atoms with E-state index in [1.54, 1.807) is 11.8 Å². The molecule has 0 aliphatic rings. The number of hydrogen-bond donors (Lipinski definition) is 0. The fraction of sp³-hybridized carbons (Fsp3) is 0.231. The third-order valence-corrected chi connectivity index (χ3v) is 3.53. The number of aryl methyl sites for hydroxylation is 1. The molecule has 4 heteroatoms. The fourth-order valence-corrected chi connectivity index (χ4v) is 2.18. The molecule has 0 spiro atoms. The molecule has 0 saturated heterocycles. The van der Waals surface area contributed by atoms with E-state index in [1.807, 2.05) is 36.9 Å². The molecule has 2 rings (SSSR count). The van der Waals surface area contributed by atoms with Gasteiger partial charge in [-0.25, -0.2) is 4.98 Å². The number of imidazole rings is 1. The second-order valence-electron chi connectivity index (χ2n) is 3.76. The van der Waals surface area contributed by atoms with Crippen LogP contribution in [0.4, 0.5) is 0 Å². The maximum atomic E-state index is 9.09. The van der Waals surface area contributed by atoms with Crippen molar-refractivity contribution < 1.29 is 0 Å². The Kier molecular flexibility index (Phi) is 3.21. The minimum absolute atomic E-state index is 0.488. The van der Waals surface area contributed by atoms with E-state index in [4.69, 9.17) is 5.26 Å². The van der Waals surface area contributed by atoms with Gasteiger partial charge in [0, 0.05) is 17.5 Å². The molecule has 0 radical (unpaired) electrons. The van der Waals surface area contributed by atoms with Crippen LogP contribution in [0.15, 0.2) is 29.2 Å². The molecule has 0 amide bonds. The van der Waals surface area contributed by atoms with Crippen molar-refractivity contribution in [3.63, 3.8) is 0 Å². The Labute approximate surface area is 105 Å². The zero-order chi connectivity index (χ0) is 12.4. The molecule has 1 aromatic carbocycles. The van der Waals surface area contributed by atoms with Gasteiger partial charge < -0.3 is 4.57 Å².